The molecule has 0 aromatic heterocycles. The Morgan fingerprint density at radius 2 is 1.62 bits per heavy atom. The first kappa shape index (κ1) is 18.7. The zero-order chi connectivity index (χ0) is 16.3. The second kappa shape index (κ2) is 6.85. The molecule has 0 amide bonds. The highest BCUT2D eigenvalue weighted by Crippen LogP contribution is 2.38. The molecule has 0 aromatic carbocycles. The van der Waals surface area contributed by atoms with E-state index < -0.39 is 5.60 Å². The molecule has 0 radical (unpaired) electrons. The number of unbranched alkanes of at least 4 members (excludes halogenated alkanes) is 1. The first-order valence-electron chi connectivity index (χ1n) is 8.35. The molecule has 21 heavy (non-hydrogen) atoms. The van der Waals surface area contributed by atoms with Gasteiger partial charge in [0, 0.05) is 0 Å². The molecule has 1 atom stereocenters. The van der Waals surface area contributed by atoms with Crippen LogP contribution in [-0.2, 0) is 9.31 Å². The lowest BCUT2D eigenvalue weighted by atomic mass is 9.78. The van der Waals surface area contributed by atoms with Gasteiger partial charge in [0.2, 0.25) is 0 Å². The summed E-state index contributed by atoms with van der Waals surface area (Å²) in [4.78, 5) is 0. The van der Waals surface area contributed by atoms with Gasteiger partial charge in [-0.1, -0.05) is 39.1 Å². The Labute approximate surface area is 131 Å². The van der Waals surface area contributed by atoms with Crippen molar-refractivity contribution < 1.29 is 14.4 Å². The second-order valence-electron chi connectivity index (χ2n) is 7.44. The molecule has 1 saturated heterocycles. The van der Waals surface area contributed by atoms with Crippen LogP contribution in [0.1, 0.15) is 80.6 Å². The van der Waals surface area contributed by atoms with Crippen LogP contribution in [0, 0.1) is 0 Å². The summed E-state index contributed by atoms with van der Waals surface area (Å²) in [6, 6.07) is 0. The largest absolute Gasteiger partial charge is 0.487 e. The molecular weight excluding hydrogens is 263 g/mol. The highest BCUT2D eigenvalue weighted by molar-refractivity contribution is 6.51. The monoisotopic (exact) mass is 296 g/mol. The van der Waals surface area contributed by atoms with Gasteiger partial charge < -0.3 is 14.4 Å². The molecule has 0 aromatic rings. The standard InChI is InChI=1S/C17H33BO3/c1-8-10-12-17(7,19)14(11-9-2)13-18-20-15(3,4)16(5,6)21-18/h13,19H,8-12H2,1-7H3/b14-13+. The molecular formula is C17H33BO3. The molecule has 1 heterocycles. The van der Waals surface area contributed by atoms with Gasteiger partial charge in [-0.05, 0) is 53.0 Å². The van der Waals surface area contributed by atoms with Gasteiger partial charge in [-0.3, -0.25) is 0 Å². The van der Waals surface area contributed by atoms with Gasteiger partial charge in [-0.25, -0.2) is 0 Å². The SMILES string of the molecule is CCCCC(C)(O)/C(=C/B1OC(C)(C)C(C)(C)O1)CCC. The van der Waals surface area contributed by atoms with E-state index in [0.29, 0.717) is 0 Å². The normalized spacial score (nSPS) is 24.2. The Morgan fingerprint density at radius 1 is 1.10 bits per heavy atom. The van der Waals surface area contributed by atoms with Crippen molar-refractivity contribution in [2.75, 3.05) is 0 Å². The van der Waals surface area contributed by atoms with E-state index in [1.807, 2.05) is 12.9 Å². The summed E-state index contributed by atoms with van der Waals surface area (Å²) in [7, 11) is -0.371. The summed E-state index contributed by atoms with van der Waals surface area (Å²) in [5, 5.41) is 10.8. The average Bonchev–Trinajstić information content (AvgIpc) is 2.54. The molecule has 3 nitrogen and oxygen atoms in total. The van der Waals surface area contributed by atoms with Crippen LogP contribution in [0.15, 0.2) is 11.5 Å². The molecule has 4 heteroatoms. The third kappa shape index (κ3) is 4.57. The molecule has 0 aliphatic carbocycles. The van der Waals surface area contributed by atoms with E-state index >= 15 is 0 Å². The maximum absolute atomic E-state index is 10.8. The maximum Gasteiger partial charge on any atom is 0.487 e. The van der Waals surface area contributed by atoms with E-state index in [9.17, 15) is 5.11 Å². The zero-order valence-corrected chi connectivity index (χ0v) is 15.0. The van der Waals surface area contributed by atoms with Gasteiger partial charge in [0.05, 0.1) is 16.8 Å². The third-order valence-electron chi connectivity index (χ3n) is 4.84. The summed E-state index contributed by atoms with van der Waals surface area (Å²) >= 11 is 0. The maximum atomic E-state index is 10.8. The lowest BCUT2D eigenvalue weighted by molar-refractivity contribution is 0.00578. The number of hydrogen-bond acceptors (Lipinski definition) is 3. The lowest BCUT2D eigenvalue weighted by Gasteiger charge is -2.32. The van der Waals surface area contributed by atoms with Crippen molar-refractivity contribution in [3.63, 3.8) is 0 Å². The van der Waals surface area contributed by atoms with Crippen LogP contribution in [0.2, 0.25) is 0 Å². The van der Waals surface area contributed by atoms with Crippen molar-refractivity contribution in [1.29, 1.82) is 0 Å². The van der Waals surface area contributed by atoms with Crippen molar-refractivity contribution in [3.05, 3.63) is 11.5 Å². The fraction of sp³-hybridized carbons (Fsp3) is 0.882. The molecule has 1 aliphatic heterocycles. The van der Waals surface area contributed by atoms with Gasteiger partial charge in [0.25, 0.3) is 0 Å². The summed E-state index contributed by atoms with van der Waals surface area (Å²) < 4.78 is 12.1. The highest BCUT2D eigenvalue weighted by atomic mass is 16.7. The first-order chi connectivity index (χ1) is 9.55. The van der Waals surface area contributed by atoms with Gasteiger partial charge >= 0.3 is 7.12 Å². The van der Waals surface area contributed by atoms with Crippen molar-refractivity contribution in [2.24, 2.45) is 0 Å². The predicted molar refractivity (Wildman–Crippen MR) is 89.2 cm³/mol. The van der Waals surface area contributed by atoms with E-state index in [0.717, 1.165) is 37.7 Å². The van der Waals surface area contributed by atoms with Crippen LogP contribution in [0.5, 0.6) is 0 Å². The lowest BCUT2D eigenvalue weighted by Crippen LogP contribution is -2.41. The molecule has 0 bridgehead atoms. The van der Waals surface area contributed by atoms with Gasteiger partial charge in [0.1, 0.15) is 0 Å². The minimum absolute atomic E-state index is 0.333. The third-order valence-corrected chi connectivity index (χ3v) is 4.84. The average molecular weight is 296 g/mol. The van der Waals surface area contributed by atoms with E-state index in [1.165, 1.54) is 0 Å². The van der Waals surface area contributed by atoms with Gasteiger partial charge in [-0.15, -0.1) is 0 Å². The van der Waals surface area contributed by atoms with Gasteiger partial charge in [-0.2, -0.15) is 0 Å². The Bertz CT molecular complexity index is 356. The van der Waals surface area contributed by atoms with Crippen LogP contribution in [-0.4, -0.2) is 29.0 Å². The molecule has 0 saturated carbocycles. The minimum Gasteiger partial charge on any atom is -0.400 e. The molecule has 1 aliphatic rings. The van der Waals surface area contributed by atoms with Crippen molar-refractivity contribution in [1.82, 2.24) is 0 Å². The van der Waals surface area contributed by atoms with Crippen molar-refractivity contribution >= 4 is 7.12 Å². The van der Waals surface area contributed by atoms with E-state index in [1.54, 1.807) is 0 Å². The topological polar surface area (TPSA) is 38.7 Å². The van der Waals surface area contributed by atoms with E-state index in [4.69, 9.17) is 9.31 Å². The van der Waals surface area contributed by atoms with Gasteiger partial charge in [0.15, 0.2) is 0 Å². The second-order valence-corrected chi connectivity index (χ2v) is 7.44. The smallest absolute Gasteiger partial charge is 0.400 e. The Hall–Kier alpha value is -0.315. The fourth-order valence-corrected chi connectivity index (χ4v) is 2.60. The first-order valence-corrected chi connectivity index (χ1v) is 8.35. The van der Waals surface area contributed by atoms with Crippen LogP contribution in [0.4, 0.5) is 0 Å². The molecule has 1 fully saturated rings. The van der Waals surface area contributed by atoms with Crippen molar-refractivity contribution in [3.8, 4) is 0 Å². The van der Waals surface area contributed by atoms with Crippen molar-refractivity contribution in [2.45, 2.75) is 97.4 Å². The Balaban J connectivity index is 2.91. The summed E-state index contributed by atoms with van der Waals surface area (Å²) in [5.41, 5.74) is -0.395. The molecule has 122 valence electrons. The van der Waals surface area contributed by atoms with E-state index in [-0.39, 0.29) is 18.3 Å². The highest BCUT2D eigenvalue weighted by Gasteiger charge is 2.50. The number of aliphatic hydroxyl groups is 1. The molecule has 1 rings (SSSR count). The Kier molecular flexibility index (Phi) is 6.11. The summed E-state index contributed by atoms with van der Waals surface area (Å²) in [6.07, 6.45) is 4.78. The molecule has 0 spiro atoms. The quantitative estimate of drug-likeness (QED) is 0.712. The summed E-state index contributed by atoms with van der Waals surface area (Å²) in [6.45, 7) is 14.4. The van der Waals surface area contributed by atoms with Crippen LogP contribution in [0.25, 0.3) is 0 Å². The molecule has 1 unspecified atom stereocenters. The minimum atomic E-state index is -0.768. The summed E-state index contributed by atoms with van der Waals surface area (Å²) in [5.74, 6) is 2.00. The fourth-order valence-electron chi connectivity index (χ4n) is 2.60. The van der Waals surface area contributed by atoms with E-state index in [2.05, 4.69) is 41.5 Å². The van der Waals surface area contributed by atoms with Crippen LogP contribution >= 0.6 is 0 Å². The number of hydrogen-bond donors (Lipinski definition) is 1. The van der Waals surface area contributed by atoms with Crippen LogP contribution in [0.3, 0.4) is 0 Å². The Morgan fingerprint density at radius 3 is 2.05 bits per heavy atom. The van der Waals surface area contributed by atoms with Crippen LogP contribution < -0.4 is 0 Å². The molecule has 1 N–H and O–H groups in total. The zero-order valence-electron chi connectivity index (χ0n) is 15.0. The number of rotatable bonds is 7. The predicted octanol–water partition coefficient (Wildman–Crippen LogP) is 4.29.